The van der Waals surface area contributed by atoms with Gasteiger partial charge in [-0.1, -0.05) is 0 Å². The molecule has 0 saturated carbocycles. The van der Waals surface area contributed by atoms with Crippen LogP contribution in [0.1, 0.15) is 39.2 Å². The lowest BCUT2D eigenvalue weighted by Crippen LogP contribution is -2.49. The first-order valence-corrected chi connectivity index (χ1v) is 9.95. The van der Waals surface area contributed by atoms with E-state index < -0.39 is 36.2 Å². The van der Waals surface area contributed by atoms with Crippen molar-refractivity contribution < 1.29 is 37.9 Å². The van der Waals surface area contributed by atoms with Gasteiger partial charge in [0.05, 0.1) is 17.7 Å². The van der Waals surface area contributed by atoms with Gasteiger partial charge in [0, 0.05) is 30.3 Å². The number of hydrogen-bond donors (Lipinski definition) is 3. The number of hydrogen-bond acceptors (Lipinski definition) is 5. The number of piperidine rings is 1. The monoisotopic (exact) mass is 442 g/mol. The molecule has 170 valence electrons. The van der Waals surface area contributed by atoms with E-state index in [0.29, 0.717) is 6.07 Å². The molecule has 0 unspecified atom stereocenters. The standard InChI is InChI=1S/C20H26BF3N2O5/c1-18(2,3)31-17(27)25-8-5-19(28,6-9-25)12-26-7-4-13-10-14(20(22,23)24)11-15(16(13)26)21(29)30/h4,7,10-11,28-30H,5-6,8-9,12H2,1-3H3. The molecule has 0 spiro atoms. The van der Waals surface area contributed by atoms with Gasteiger partial charge in [-0.3, -0.25) is 0 Å². The lowest BCUT2D eigenvalue weighted by molar-refractivity contribution is -0.137. The summed E-state index contributed by atoms with van der Waals surface area (Å²) in [7, 11) is -2.11. The number of benzene rings is 1. The van der Waals surface area contributed by atoms with Gasteiger partial charge in [-0.2, -0.15) is 13.2 Å². The summed E-state index contributed by atoms with van der Waals surface area (Å²) in [4.78, 5) is 13.7. The average molecular weight is 442 g/mol. The Hall–Kier alpha value is -2.24. The molecule has 1 saturated heterocycles. The Labute approximate surface area is 178 Å². The van der Waals surface area contributed by atoms with E-state index in [1.54, 1.807) is 20.8 Å². The fourth-order valence-electron chi connectivity index (χ4n) is 3.78. The summed E-state index contributed by atoms with van der Waals surface area (Å²) in [5.41, 5.74) is -2.91. The predicted molar refractivity (Wildman–Crippen MR) is 109 cm³/mol. The fourth-order valence-corrected chi connectivity index (χ4v) is 3.78. The largest absolute Gasteiger partial charge is 0.490 e. The van der Waals surface area contributed by atoms with Crippen molar-refractivity contribution in [1.29, 1.82) is 0 Å². The van der Waals surface area contributed by atoms with E-state index >= 15 is 0 Å². The lowest BCUT2D eigenvalue weighted by Gasteiger charge is -2.39. The first-order chi connectivity index (χ1) is 14.2. The highest BCUT2D eigenvalue weighted by atomic mass is 19.4. The minimum absolute atomic E-state index is 0.0315. The number of ether oxygens (including phenoxy) is 1. The molecule has 3 N–H and O–H groups in total. The van der Waals surface area contributed by atoms with Crippen LogP contribution in [0.25, 0.3) is 10.9 Å². The number of halogens is 3. The van der Waals surface area contributed by atoms with Gasteiger partial charge >= 0.3 is 19.4 Å². The van der Waals surface area contributed by atoms with Crippen LogP contribution in [0, 0.1) is 0 Å². The van der Waals surface area contributed by atoms with Crippen molar-refractivity contribution in [3.05, 3.63) is 30.0 Å². The molecule has 0 radical (unpaired) electrons. The highest BCUT2D eigenvalue weighted by Crippen LogP contribution is 2.32. The molecular formula is C20H26BF3N2O5. The number of carbonyl (C=O) groups is 1. The van der Waals surface area contributed by atoms with Crippen LogP contribution in [0.4, 0.5) is 18.0 Å². The Morgan fingerprint density at radius 3 is 2.32 bits per heavy atom. The van der Waals surface area contributed by atoms with Crippen LogP contribution >= 0.6 is 0 Å². The van der Waals surface area contributed by atoms with Gasteiger partial charge in [-0.05, 0) is 57.2 Å². The van der Waals surface area contributed by atoms with Crippen LogP contribution < -0.4 is 5.46 Å². The number of rotatable bonds is 3. The Morgan fingerprint density at radius 1 is 1.19 bits per heavy atom. The van der Waals surface area contributed by atoms with Gasteiger partial charge in [-0.15, -0.1) is 0 Å². The molecule has 31 heavy (non-hydrogen) atoms. The van der Waals surface area contributed by atoms with Gasteiger partial charge in [0.2, 0.25) is 0 Å². The van der Waals surface area contributed by atoms with E-state index in [9.17, 15) is 33.1 Å². The number of nitrogens with zero attached hydrogens (tertiary/aromatic N) is 2. The van der Waals surface area contributed by atoms with E-state index in [1.807, 2.05) is 0 Å². The molecule has 2 aromatic rings. The van der Waals surface area contributed by atoms with Crippen molar-refractivity contribution in [2.45, 2.75) is 57.5 Å². The minimum atomic E-state index is -4.63. The first-order valence-electron chi connectivity index (χ1n) is 9.95. The second-order valence-electron chi connectivity index (χ2n) is 9.01. The molecule has 1 aromatic carbocycles. The van der Waals surface area contributed by atoms with Crippen molar-refractivity contribution in [2.75, 3.05) is 13.1 Å². The maximum Gasteiger partial charge on any atom is 0.490 e. The highest BCUT2D eigenvalue weighted by Gasteiger charge is 2.37. The van der Waals surface area contributed by atoms with Gasteiger partial charge in [-0.25, -0.2) is 4.79 Å². The zero-order valence-electron chi connectivity index (χ0n) is 17.6. The van der Waals surface area contributed by atoms with E-state index in [2.05, 4.69) is 0 Å². The summed E-state index contributed by atoms with van der Waals surface area (Å²) in [5.74, 6) is 0. The van der Waals surface area contributed by atoms with Crippen molar-refractivity contribution in [2.24, 2.45) is 0 Å². The molecule has 0 aliphatic carbocycles. The van der Waals surface area contributed by atoms with E-state index in [-0.39, 0.29) is 48.8 Å². The Kier molecular flexibility index (Phi) is 6.07. The summed E-state index contributed by atoms with van der Waals surface area (Å²) in [6.45, 7) is 5.85. The lowest BCUT2D eigenvalue weighted by atomic mass is 9.78. The number of amides is 1. The third-order valence-corrected chi connectivity index (χ3v) is 5.31. The van der Waals surface area contributed by atoms with Gasteiger partial charge < -0.3 is 29.4 Å². The molecular weight excluding hydrogens is 416 g/mol. The summed E-state index contributed by atoms with van der Waals surface area (Å²) in [6, 6.07) is 3.08. The van der Waals surface area contributed by atoms with Crippen molar-refractivity contribution >= 4 is 29.6 Å². The van der Waals surface area contributed by atoms with Gasteiger partial charge in [0.1, 0.15) is 5.60 Å². The summed E-state index contributed by atoms with van der Waals surface area (Å²) < 4.78 is 46.3. The van der Waals surface area contributed by atoms with Gasteiger partial charge in [0.25, 0.3) is 0 Å². The molecule has 0 atom stereocenters. The first kappa shape index (κ1) is 23.4. The third-order valence-electron chi connectivity index (χ3n) is 5.31. The topological polar surface area (TPSA) is 95.2 Å². The van der Waals surface area contributed by atoms with Crippen LogP contribution in [0.15, 0.2) is 24.4 Å². The molecule has 1 aromatic heterocycles. The zero-order chi connectivity index (χ0) is 23.2. The van der Waals surface area contributed by atoms with Crippen LogP contribution in [0.2, 0.25) is 0 Å². The normalized spacial score (nSPS) is 17.1. The second-order valence-corrected chi connectivity index (χ2v) is 9.01. The van der Waals surface area contributed by atoms with E-state index in [4.69, 9.17) is 4.74 Å². The van der Waals surface area contributed by atoms with Crippen LogP contribution in [-0.2, 0) is 17.5 Å². The second kappa shape index (κ2) is 8.03. The molecule has 1 amide bonds. The molecule has 3 rings (SSSR count). The minimum Gasteiger partial charge on any atom is -0.444 e. The summed E-state index contributed by atoms with van der Waals surface area (Å²) >= 11 is 0. The fraction of sp³-hybridized carbons (Fsp3) is 0.550. The number of alkyl halides is 3. The molecule has 11 heteroatoms. The van der Waals surface area contributed by atoms with Crippen LogP contribution in [0.5, 0.6) is 0 Å². The molecule has 0 bridgehead atoms. The zero-order valence-corrected chi connectivity index (χ0v) is 17.6. The van der Waals surface area contributed by atoms with Crippen LogP contribution in [-0.4, -0.2) is 62.1 Å². The van der Waals surface area contributed by atoms with Crippen molar-refractivity contribution in [3.63, 3.8) is 0 Å². The number of fused-ring (bicyclic) bond motifs is 1. The molecule has 1 fully saturated rings. The summed E-state index contributed by atoms with van der Waals surface area (Å²) in [6.07, 6.45) is -3.11. The molecule has 7 nitrogen and oxygen atoms in total. The molecule has 1 aliphatic rings. The SMILES string of the molecule is CC(C)(C)OC(=O)N1CCC(O)(Cn2ccc3cc(C(F)(F)F)cc(B(O)O)c32)CC1. The number of aromatic nitrogens is 1. The molecule has 2 heterocycles. The van der Waals surface area contributed by atoms with Crippen LogP contribution in [0.3, 0.4) is 0 Å². The number of carbonyl (C=O) groups excluding carboxylic acids is 1. The Morgan fingerprint density at radius 2 is 1.81 bits per heavy atom. The number of aliphatic hydroxyl groups is 1. The van der Waals surface area contributed by atoms with E-state index in [0.717, 1.165) is 6.07 Å². The third kappa shape index (κ3) is 5.34. The smallest absolute Gasteiger partial charge is 0.444 e. The van der Waals surface area contributed by atoms with Gasteiger partial charge in [0.15, 0.2) is 0 Å². The average Bonchev–Trinajstić information content (AvgIpc) is 3.01. The number of likely N-dealkylation sites (tertiary alicyclic amines) is 1. The maximum absolute atomic E-state index is 13.2. The van der Waals surface area contributed by atoms with Crippen molar-refractivity contribution in [1.82, 2.24) is 9.47 Å². The van der Waals surface area contributed by atoms with E-state index in [1.165, 1.54) is 21.7 Å². The predicted octanol–water partition coefficient (Wildman–Crippen LogP) is 2.10. The Balaban J connectivity index is 1.82. The highest BCUT2D eigenvalue weighted by molar-refractivity contribution is 6.61. The maximum atomic E-state index is 13.2. The van der Waals surface area contributed by atoms with Crippen molar-refractivity contribution in [3.8, 4) is 0 Å². The molecule has 1 aliphatic heterocycles. The quantitative estimate of drug-likeness (QED) is 0.634. The Bertz CT molecular complexity index is 960. The summed E-state index contributed by atoms with van der Waals surface area (Å²) in [5, 5.41) is 30.6.